The van der Waals surface area contributed by atoms with Crippen LogP contribution in [-0.4, -0.2) is 4.92 Å². The molecule has 0 heterocycles. The van der Waals surface area contributed by atoms with Crippen LogP contribution in [0.4, 0.5) is 5.69 Å². The van der Waals surface area contributed by atoms with Crippen LogP contribution in [0.25, 0.3) is 0 Å². The minimum absolute atomic E-state index is 0.112. The number of nitrogens with zero attached hydrogens (tertiary/aromatic N) is 1. The second-order valence-corrected chi connectivity index (χ2v) is 5.23. The molecule has 2 N–H and O–H groups in total. The maximum absolute atomic E-state index is 11.1. The van der Waals surface area contributed by atoms with Gasteiger partial charge in [-0.3, -0.25) is 10.1 Å². The molecule has 7 heteroatoms. The van der Waals surface area contributed by atoms with Gasteiger partial charge in [-0.1, -0.05) is 39.7 Å². The molecule has 2 rings (SSSR count). The number of ether oxygens (including phenoxy) is 1. The van der Waals surface area contributed by atoms with Gasteiger partial charge >= 0.3 is 5.69 Å². The van der Waals surface area contributed by atoms with Crippen molar-refractivity contribution in [1.82, 2.24) is 0 Å². The van der Waals surface area contributed by atoms with Gasteiger partial charge in [0.1, 0.15) is 0 Å². The number of nitro groups is 1. The maximum atomic E-state index is 11.1. The van der Waals surface area contributed by atoms with Crippen molar-refractivity contribution in [3.05, 3.63) is 61.6 Å². The molecule has 0 unspecified atom stereocenters. The summed E-state index contributed by atoms with van der Waals surface area (Å²) in [6.07, 6.45) is 0. The molecular weight excluding hydrogens is 348 g/mol. The van der Waals surface area contributed by atoms with Crippen LogP contribution in [0.1, 0.15) is 5.56 Å². The van der Waals surface area contributed by atoms with Crippen LogP contribution in [-0.2, 0) is 6.54 Å². The summed E-state index contributed by atoms with van der Waals surface area (Å²) in [6, 6.07) is 9.67. The van der Waals surface area contributed by atoms with E-state index in [-0.39, 0.29) is 18.0 Å². The molecule has 5 nitrogen and oxygen atoms in total. The van der Waals surface area contributed by atoms with Crippen molar-refractivity contribution in [2.45, 2.75) is 6.54 Å². The first-order valence-corrected chi connectivity index (χ1v) is 6.79. The molecular formula is C13H10BrClN2O3. The second kappa shape index (κ2) is 6.21. The van der Waals surface area contributed by atoms with E-state index in [4.69, 9.17) is 22.1 Å². The molecule has 0 aliphatic carbocycles. The minimum atomic E-state index is -0.515. The Hall–Kier alpha value is -1.63. The smallest absolute Gasteiger partial charge is 0.312 e. The van der Waals surface area contributed by atoms with Gasteiger partial charge in [0.15, 0.2) is 5.75 Å². The van der Waals surface area contributed by atoms with Crippen LogP contribution in [0, 0.1) is 10.1 Å². The third-order valence-electron chi connectivity index (χ3n) is 2.60. The zero-order valence-electron chi connectivity index (χ0n) is 10.2. The maximum Gasteiger partial charge on any atom is 0.312 e. The number of nitrogens with two attached hydrogens (primary N) is 1. The van der Waals surface area contributed by atoms with Gasteiger partial charge in [0, 0.05) is 22.6 Å². The molecule has 20 heavy (non-hydrogen) atoms. The summed E-state index contributed by atoms with van der Waals surface area (Å²) in [4.78, 5) is 10.5. The standard InChI is InChI=1S/C13H10BrClN2O3/c14-9-4-5-12(11(6-9)17(18)19)20-13-8(7-16)2-1-3-10(13)15/h1-6H,7,16H2. The third-order valence-corrected chi connectivity index (χ3v) is 3.39. The van der Waals surface area contributed by atoms with Crippen molar-refractivity contribution in [3.63, 3.8) is 0 Å². The first kappa shape index (κ1) is 14.8. The predicted octanol–water partition coefficient (Wildman–Crippen LogP) is 4.26. The molecule has 0 radical (unpaired) electrons. The third kappa shape index (κ3) is 3.09. The van der Waals surface area contributed by atoms with E-state index in [1.54, 1.807) is 24.3 Å². The number of benzene rings is 2. The van der Waals surface area contributed by atoms with Gasteiger partial charge in [-0.2, -0.15) is 0 Å². The summed E-state index contributed by atoms with van der Waals surface area (Å²) in [6.45, 7) is 0.222. The highest BCUT2D eigenvalue weighted by atomic mass is 79.9. The predicted molar refractivity (Wildman–Crippen MR) is 80.2 cm³/mol. The Morgan fingerprint density at radius 3 is 2.75 bits per heavy atom. The lowest BCUT2D eigenvalue weighted by Crippen LogP contribution is -2.01. The number of rotatable bonds is 4. The Balaban J connectivity index is 2.48. The fourth-order valence-electron chi connectivity index (χ4n) is 1.66. The number of halogens is 2. The van der Waals surface area contributed by atoms with E-state index in [1.165, 1.54) is 12.1 Å². The van der Waals surface area contributed by atoms with Crippen LogP contribution in [0.15, 0.2) is 40.9 Å². The van der Waals surface area contributed by atoms with Crippen LogP contribution < -0.4 is 10.5 Å². The van der Waals surface area contributed by atoms with Crippen molar-refractivity contribution in [3.8, 4) is 11.5 Å². The number of para-hydroxylation sites is 1. The summed E-state index contributed by atoms with van der Waals surface area (Å²) in [5.74, 6) is 0.447. The van der Waals surface area contributed by atoms with E-state index < -0.39 is 4.92 Å². The summed E-state index contributed by atoms with van der Waals surface area (Å²) in [5.41, 5.74) is 6.14. The van der Waals surface area contributed by atoms with Crippen LogP contribution in [0.5, 0.6) is 11.5 Å². The van der Waals surface area contributed by atoms with Crippen molar-refractivity contribution >= 4 is 33.2 Å². The Labute approximate surface area is 128 Å². The highest BCUT2D eigenvalue weighted by Gasteiger charge is 2.18. The molecule has 0 aliphatic rings. The lowest BCUT2D eigenvalue weighted by atomic mass is 10.2. The van der Waals surface area contributed by atoms with E-state index in [0.29, 0.717) is 20.8 Å². The van der Waals surface area contributed by atoms with Gasteiger partial charge in [-0.25, -0.2) is 0 Å². The molecule has 0 aliphatic heterocycles. The van der Waals surface area contributed by atoms with E-state index in [0.717, 1.165) is 0 Å². The summed E-state index contributed by atoms with van der Waals surface area (Å²) in [7, 11) is 0. The molecule has 0 fully saturated rings. The van der Waals surface area contributed by atoms with Crippen molar-refractivity contribution in [2.75, 3.05) is 0 Å². The lowest BCUT2D eigenvalue weighted by Gasteiger charge is -2.12. The minimum Gasteiger partial charge on any atom is -0.448 e. The average molecular weight is 358 g/mol. The lowest BCUT2D eigenvalue weighted by molar-refractivity contribution is -0.385. The topological polar surface area (TPSA) is 78.4 Å². The Kier molecular flexibility index (Phi) is 4.59. The molecule has 0 saturated heterocycles. The monoisotopic (exact) mass is 356 g/mol. The molecule has 0 atom stereocenters. The van der Waals surface area contributed by atoms with E-state index >= 15 is 0 Å². The van der Waals surface area contributed by atoms with Crippen LogP contribution in [0.2, 0.25) is 5.02 Å². The largest absolute Gasteiger partial charge is 0.448 e. The quantitative estimate of drug-likeness (QED) is 0.655. The van der Waals surface area contributed by atoms with Gasteiger partial charge in [0.05, 0.1) is 9.95 Å². The summed E-state index contributed by atoms with van der Waals surface area (Å²) in [5, 5.41) is 11.4. The van der Waals surface area contributed by atoms with E-state index in [1.807, 2.05) is 0 Å². The fourth-order valence-corrected chi connectivity index (χ4v) is 2.24. The fraction of sp³-hybridized carbons (Fsp3) is 0.0769. The highest BCUT2D eigenvalue weighted by molar-refractivity contribution is 9.10. The first-order chi connectivity index (χ1) is 9.52. The molecule has 0 aromatic heterocycles. The zero-order chi connectivity index (χ0) is 14.7. The normalized spacial score (nSPS) is 10.3. The van der Waals surface area contributed by atoms with Gasteiger partial charge in [-0.05, 0) is 18.2 Å². The Morgan fingerprint density at radius 2 is 2.10 bits per heavy atom. The van der Waals surface area contributed by atoms with Gasteiger partial charge < -0.3 is 10.5 Å². The molecule has 0 spiro atoms. The molecule has 2 aromatic rings. The van der Waals surface area contributed by atoms with Gasteiger partial charge in [-0.15, -0.1) is 0 Å². The van der Waals surface area contributed by atoms with Crippen LogP contribution >= 0.6 is 27.5 Å². The van der Waals surface area contributed by atoms with Gasteiger partial charge in [0.2, 0.25) is 5.75 Å². The highest BCUT2D eigenvalue weighted by Crippen LogP contribution is 2.38. The second-order valence-electron chi connectivity index (χ2n) is 3.90. The van der Waals surface area contributed by atoms with Crippen molar-refractivity contribution in [1.29, 1.82) is 0 Å². The number of hydrogen-bond acceptors (Lipinski definition) is 4. The first-order valence-electron chi connectivity index (χ1n) is 5.62. The van der Waals surface area contributed by atoms with Crippen LogP contribution in [0.3, 0.4) is 0 Å². The van der Waals surface area contributed by atoms with E-state index in [9.17, 15) is 10.1 Å². The van der Waals surface area contributed by atoms with Gasteiger partial charge in [0.25, 0.3) is 0 Å². The molecule has 104 valence electrons. The molecule has 0 bridgehead atoms. The number of hydrogen-bond donors (Lipinski definition) is 1. The molecule has 0 amide bonds. The average Bonchev–Trinajstić information content (AvgIpc) is 2.42. The summed E-state index contributed by atoms with van der Waals surface area (Å²) >= 11 is 9.25. The zero-order valence-corrected chi connectivity index (χ0v) is 12.5. The number of nitro benzene ring substituents is 1. The molecule has 0 saturated carbocycles. The van der Waals surface area contributed by atoms with E-state index in [2.05, 4.69) is 15.9 Å². The SMILES string of the molecule is NCc1cccc(Cl)c1Oc1ccc(Br)cc1[N+](=O)[O-]. The van der Waals surface area contributed by atoms with Crippen molar-refractivity contribution < 1.29 is 9.66 Å². The van der Waals surface area contributed by atoms with Crippen molar-refractivity contribution in [2.24, 2.45) is 5.73 Å². The summed E-state index contributed by atoms with van der Waals surface area (Å²) < 4.78 is 6.20. The molecule has 2 aromatic carbocycles. The Morgan fingerprint density at radius 1 is 1.35 bits per heavy atom. The Bertz CT molecular complexity index is 664.